The van der Waals surface area contributed by atoms with E-state index in [0.29, 0.717) is 36.6 Å². The minimum atomic E-state index is -0.712. The van der Waals surface area contributed by atoms with Gasteiger partial charge in [-0.1, -0.05) is 12.1 Å². The number of likely N-dealkylation sites (tertiary alicyclic amines) is 1. The first-order valence-corrected chi connectivity index (χ1v) is 8.91. The monoisotopic (exact) mass is 366 g/mol. The standard InChI is InChI=1S/C21H22N2O4/c1-22-17-9-8-14(26-2)12-16(17)21(20(22)25)10-11-23(13-21)19(24)15-6-4-5-7-18(15)27-3/h4-9,12H,10-11,13H2,1-3H3. The first kappa shape index (κ1) is 17.4. The van der Waals surface area contributed by atoms with E-state index in [2.05, 4.69) is 0 Å². The number of rotatable bonds is 3. The predicted molar refractivity (Wildman–Crippen MR) is 102 cm³/mol. The van der Waals surface area contributed by atoms with E-state index in [1.165, 1.54) is 0 Å². The highest BCUT2D eigenvalue weighted by molar-refractivity contribution is 6.09. The molecule has 0 bridgehead atoms. The zero-order valence-corrected chi connectivity index (χ0v) is 15.7. The van der Waals surface area contributed by atoms with Crippen molar-refractivity contribution in [2.75, 3.05) is 39.3 Å². The summed E-state index contributed by atoms with van der Waals surface area (Å²) in [7, 11) is 4.95. The summed E-state index contributed by atoms with van der Waals surface area (Å²) in [6.45, 7) is 0.875. The number of hydrogen-bond acceptors (Lipinski definition) is 4. The number of amides is 2. The molecule has 2 aliphatic heterocycles. The fourth-order valence-corrected chi connectivity index (χ4v) is 4.23. The average molecular weight is 366 g/mol. The smallest absolute Gasteiger partial charge is 0.257 e. The molecule has 2 aliphatic rings. The number of para-hydroxylation sites is 1. The van der Waals surface area contributed by atoms with Crippen molar-refractivity contribution in [3.05, 3.63) is 53.6 Å². The summed E-state index contributed by atoms with van der Waals surface area (Å²) in [5.41, 5.74) is 1.62. The highest BCUT2D eigenvalue weighted by atomic mass is 16.5. The highest BCUT2D eigenvalue weighted by Crippen LogP contribution is 2.48. The molecule has 0 aliphatic carbocycles. The van der Waals surface area contributed by atoms with Crippen LogP contribution in [0.2, 0.25) is 0 Å². The molecule has 6 nitrogen and oxygen atoms in total. The molecule has 6 heteroatoms. The van der Waals surface area contributed by atoms with E-state index in [9.17, 15) is 9.59 Å². The summed E-state index contributed by atoms with van der Waals surface area (Å²) < 4.78 is 10.7. The molecule has 1 unspecified atom stereocenters. The first-order valence-electron chi connectivity index (χ1n) is 8.91. The molecule has 1 atom stereocenters. The number of ether oxygens (including phenoxy) is 2. The van der Waals surface area contributed by atoms with Crippen LogP contribution >= 0.6 is 0 Å². The Morgan fingerprint density at radius 3 is 2.63 bits per heavy atom. The molecule has 1 spiro atoms. The summed E-state index contributed by atoms with van der Waals surface area (Å²) in [5, 5.41) is 0. The Bertz CT molecular complexity index is 926. The van der Waals surface area contributed by atoms with Crippen LogP contribution in [0.4, 0.5) is 5.69 Å². The SMILES string of the molecule is COc1ccc2c(c1)C1(CCN(C(=O)c3ccccc3OC)C1)C(=O)N2C. The van der Waals surface area contributed by atoms with Gasteiger partial charge in [-0.15, -0.1) is 0 Å². The van der Waals surface area contributed by atoms with Gasteiger partial charge in [-0.25, -0.2) is 0 Å². The molecule has 1 fully saturated rings. The summed E-state index contributed by atoms with van der Waals surface area (Å²) in [6.07, 6.45) is 0.594. The van der Waals surface area contributed by atoms with Gasteiger partial charge in [-0.2, -0.15) is 0 Å². The molecule has 0 N–H and O–H groups in total. The van der Waals surface area contributed by atoms with Crippen LogP contribution in [0.5, 0.6) is 11.5 Å². The number of methoxy groups -OCH3 is 2. The van der Waals surface area contributed by atoms with Crippen molar-refractivity contribution >= 4 is 17.5 Å². The van der Waals surface area contributed by atoms with E-state index in [4.69, 9.17) is 9.47 Å². The average Bonchev–Trinajstić information content (AvgIpc) is 3.25. The van der Waals surface area contributed by atoms with E-state index in [-0.39, 0.29) is 11.8 Å². The quantitative estimate of drug-likeness (QED) is 0.837. The second-order valence-corrected chi connectivity index (χ2v) is 7.01. The lowest BCUT2D eigenvalue weighted by Crippen LogP contribution is -2.42. The number of anilines is 1. The molecule has 140 valence electrons. The maximum absolute atomic E-state index is 13.1. The summed E-state index contributed by atoms with van der Waals surface area (Å²) in [6, 6.07) is 12.9. The van der Waals surface area contributed by atoms with Gasteiger partial charge in [0.2, 0.25) is 5.91 Å². The number of carbonyl (C=O) groups is 2. The normalized spacial score (nSPS) is 20.9. The Hall–Kier alpha value is -3.02. The predicted octanol–water partition coefficient (Wildman–Crippen LogP) is 2.46. The van der Waals surface area contributed by atoms with Crippen molar-refractivity contribution in [1.29, 1.82) is 0 Å². The number of nitrogens with zero attached hydrogens (tertiary/aromatic N) is 2. The Labute approximate surface area is 158 Å². The molecule has 2 amide bonds. The van der Waals surface area contributed by atoms with E-state index in [1.807, 2.05) is 30.3 Å². The number of carbonyl (C=O) groups excluding carboxylic acids is 2. The lowest BCUT2D eigenvalue weighted by Gasteiger charge is -2.24. The zero-order chi connectivity index (χ0) is 19.2. The van der Waals surface area contributed by atoms with Crippen molar-refractivity contribution in [3.8, 4) is 11.5 Å². The van der Waals surface area contributed by atoms with Gasteiger partial charge >= 0.3 is 0 Å². The van der Waals surface area contributed by atoms with Gasteiger partial charge in [0.25, 0.3) is 5.91 Å². The third kappa shape index (κ3) is 2.47. The van der Waals surface area contributed by atoms with Gasteiger partial charge in [0.1, 0.15) is 11.5 Å². The molecular weight excluding hydrogens is 344 g/mol. The van der Waals surface area contributed by atoms with Gasteiger partial charge in [0, 0.05) is 25.8 Å². The molecule has 27 heavy (non-hydrogen) atoms. The maximum Gasteiger partial charge on any atom is 0.257 e. The molecular formula is C21H22N2O4. The Morgan fingerprint density at radius 2 is 1.89 bits per heavy atom. The van der Waals surface area contributed by atoms with Crippen molar-refractivity contribution in [1.82, 2.24) is 4.90 Å². The maximum atomic E-state index is 13.1. The number of benzene rings is 2. The van der Waals surface area contributed by atoms with Crippen molar-refractivity contribution in [3.63, 3.8) is 0 Å². The van der Waals surface area contributed by atoms with E-state index >= 15 is 0 Å². The number of likely N-dealkylation sites (N-methyl/N-ethyl adjacent to an activating group) is 1. The van der Waals surface area contributed by atoms with Crippen LogP contribution in [0.15, 0.2) is 42.5 Å². The fraction of sp³-hybridized carbons (Fsp3) is 0.333. The van der Waals surface area contributed by atoms with Crippen LogP contribution in [0.1, 0.15) is 22.3 Å². The molecule has 2 aromatic carbocycles. The molecule has 0 aromatic heterocycles. The van der Waals surface area contributed by atoms with Crippen LogP contribution in [-0.4, -0.2) is 51.1 Å². The van der Waals surface area contributed by atoms with Crippen LogP contribution in [0.3, 0.4) is 0 Å². The molecule has 0 radical (unpaired) electrons. The van der Waals surface area contributed by atoms with Gasteiger partial charge in [-0.3, -0.25) is 9.59 Å². The molecule has 2 heterocycles. The Morgan fingerprint density at radius 1 is 1.11 bits per heavy atom. The van der Waals surface area contributed by atoms with Crippen molar-refractivity contribution in [2.24, 2.45) is 0 Å². The lowest BCUT2D eigenvalue weighted by atomic mass is 9.81. The first-order chi connectivity index (χ1) is 13.0. The van der Waals surface area contributed by atoms with Gasteiger partial charge in [0.05, 0.1) is 25.2 Å². The second kappa shape index (κ2) is 6.30. The third-order valence-corrected chi connectivity index (χ3v) is 5.69. The Kier molecular flexibility index (Phi) is 4.06. The Balaban J connectivity index is 1.70. The summed E-state index contributed by atoms with van der Waals surface area (Å²) >= 11 is 0. The topological polar surface area (TPSA) is 59.1 Å². The second-order valence-electron chi connectivity index (χ2n) is 7.01. The van der Waals surface area contributed by atoms with Crippen molar-refractivity contribution in [2.45, 2.75) is 11.8 Å². The van der Waals surface area contributed by atoms with E-state index in [0.717, 1.165) is 11.3 Å². The van der Waals surface area contributed by atoms with E-state index in [1.54, 1.807) is 43.2 Å². The largest absolute Gasteiger partial charge is 0.497 e. The van der Waals surface area contributed by atoms with Gasteiger partial charge in [0.15, 0.2) is 0 Å². The van der Waals surface area contributed by atoms with Crippen molar-refractivity contribution < 1.29 is 19.1 Å². The fourth-order valence-electron chi connectivity index (χ4n) is 4.23. The molecule has 2 aromatic rings. The molecule has 0 saturated carbocycles. The number of fused-ring (bicyclic) bond motifs is 2. The zero-order valence-electron chi connectivity index (χ0n) is 15.7. The minimum Gasteiger partial charge on any atom is -0.497 e. The van der Waals surface area contributed by atoms with Crippen LogP contribution < -0.4 is 14.4 Å². The molecule has 1 saturated heterocycles. The van der Waals surface area contributed by atoms with Crippen LogP contribution in [0, 0.1) is 0 Å². The minimum absolute atomic E-state index is 0.0288. The molecule has 4 rings (SSSR count). The number of hydrogen-bond donors (Lipinski definition) is 0. The lowest BCUT2D eigenvalue weighted by molar-refractivity contribution is -0.122. The third-order valence-electron chi connectivity index (χ3n) is 5.69. The van der Waals surface area contributed by atoms with E-state index < -0.39 is 5.41 Å². The van der Waals surface area contributed by atoms with Gasteiger partial charge < -0.3 is 19.3 Å². The highest BCUT2D eigenvalue weighted by Gasteiger charge is 2.54. The summed E-state index contributed by atoms with van der Waals surface area (Å²) in [4.78, 5) is 29.7. The summed E-state index contributed by atoms with van der Waals surface area (Å²) in [5.74, 6) is 1.17. The van der Waals surface area contributed by atoms with Crippen LogP contribution in [0.25, 0.3) is 0 Å². The van der Waals surface area contributed by atoms with Crippen LogP contribution in [-0.2, 0) is 10.2 Å². The van der Waals surface area contributed by atoms with Gasteiger partial charge in [-0.05, 0) is 42.3 Å².